The van der Waals surface area contributed by atoms with E-state index in [-0.39, 0.29) is 17.5 Å². The van der Waals surface area contributed by atoms with Gasteiger partial charge in [-0.2, -0.15) is 0 Å². The minimum atomic E-state index is -3.08. The molecule has 0 saturated heterocycles. The highest BCUT2D eigenvalue weighted by atomic mass is 32.2. The normalized spacial score (nSPS) is 11.3. The van der Waals surface area contributed by atoms with Gasteiger partial charge in [-0.15, -0.1) is 11.3 Å². The van der Waals surface area contributed by atoms with Crippen LogP contribution < -0.4 is 5.32 Å². The van der Waals surface area contributed by atoms with Crippen LogP contribution in [0.5, 0.6) is 0 Å². The zero-order valence-corrected chi connectivity index (χ0v) is 16.1. The summed E-state index contributed by atoms with van der Waals surface area (Å²) in [4.78, 5) is 16.8. The molecule has 0 fully saturated rings. The SMILES string of the molecule is CS(=O)(=O)Cc1ccc(CNC(=O)c2cnc(-c3ccccc3F)s2)cc1. The molecule has 1 N–H and O–H groups in total. The maximum atomic E-state index is 13.8. The molecule has 0 aliphatic heterocycles. The number of thiazole rings is 1. The molecule has 5 nitrogen and oxygen atoms in total. The summed E-state index contributed by atoms with van der Waals surface area (Å²) < 4.78 is 36.4. The van der Waals surface area contributed by atoms with E-state index in [0.29, 0.717) is 27.6 Å². The molecule has 1 amide bonds. The van der Waals surface area contributed by atoms with Crippen LogP contribution in [0.15, 0.2) is 54.7 Å². The van der Waals surface area contributed by atoms with Crippen LogP contribution in [0.4, 0.5) is 4.39 Å². The molecule has 3 aromatic rings. The summed E-state index contributed by atoms with van der Waals surface area (Å²) >= 11 is 1.12. The summed E-state index contributed by atoms with van der Waals surface area (Å²) in [7, 11) is -3.08. The fourth-order valence-corrected chi connectivity index (χ4v) is 4.12. The molecule has 0 spiro atoms. The second kappa shape index (κ2) is 7.98. The van der Waals surface area contributed by atoms with Crippen molar-refractivity contribution in [3.05, 3.63) is 76.5 Å². The van der Waals surface area contributed by atoms with Crippen molar-refractivity contribution >= 4 is 27.1 Å². The van der Waals surface area contributed by atoms with E-state index in [9.17, 15) is 17.6 Å². The first-order chi connectivity index (χ1) is 12.8. The Balaban J connectivity index is 1.62. The number of halogens is 1. The molecule has 0 radical (unpaired) electrons. The van der Waals surface area contributed by atoms with Crippen LogP contribution in [-0.4, -0.2) is 25.6 Å². The Bertz CT molecular complexity index is 1060. The number of carbonyl (C=O) groups excluding carboxylic acids is 1. The molecular weight excluding hydrogens is 387 g/mol. The topological polar surface area (TPSA) is 76.1 Å². The van der Waals surface area contributed by atoms with E-state index in [2.05, 4.69) is 10.3 Å². The van der Waals surface area contributed by atoms with Crippen molar-refractivity contribution in [1.82, 2.24) is 10.3 Å². The Labute approximate surface area is 160 Å². The minimum Gasteiger partial charge on any atom is -0.347 e. The number of nitrogens with one attached hydrogen (secondary N) is 1. The first kappa shape index (κ1) is 19.2. The Morgan fingerprint density at radius 2 is 1.78 bits per heavy atom. The molecule has 0 bridgehead atoms. The molecule has 0 unspecified atom stereocenters. The molecule has 3 rings (SSSR count). The van der Waals surface area contributed by atoms with Crippen molar-refractivity contribution in [3.63, 3.8) is 0 Å². The predicted octanol–water partition coefficient (Wildman–Crippen LogP) is 3.42. The third kappa shape index (κ3) is 5.21. The highest BCUT2D eigenvalue weighted by Crippen LogP contribution is 2.27. The number of aromatic nitrogens is 1. The van der Waals surface area contributed by atoms with Crippen LogP contribution in [0.3, 0.4) is 0 Å². The summed E-state index contributed by atoms with van der Waals surface area (Å²) in [6.45, 7) is 0.297. The summed E-state index contributed by atoms with van der Waals surface area (Å²) in [5, 5.41) is 3.23. The summed E-state index contributed by atoms with van der Waals surface area (Å²) in [6, 6.07) is 13.3. The van der Waals surface area contributed by atoms with Crippen molar-refractivity contribution in [2.24, 2.45) is 0 Å². The van der Waals surface area contributed by atoms with Crippen LogP contribution in [-0.2, 0) is 22.1 Å². The van der Waals surface area contributed by atoms with Gasteiger partial charge in [0.05, 0.1) is 11.9 Å². The van der Waals surface area contributed by atoms with Gasteiger partial charge in [0.2, 0.25) is 0 Å². The summed E-state index contributed by atoms with van der Waals surface area (Å²) in [5.74, 6) is -0.692. The third-order valence-corrected chi connectivity index (χ3v) is 5.63. The lowest BCUT2D eigenvalue weighted by atomic mass is 10.1. The highest BCUT2D eigenvalue weighted by molar-refractivity contribution is 7.89. The van der Waals surface area contributed by atoms with Gasteiger partial charge in [0, 0.05) is 18.4 Å². The number of carbonyl (C=O) groups is 1. The average Bonchev–Trinajstić information content (AvgIpc) is 3.10. The number of rotatable bonds is 6. The van der Waals surface area contributed by atoms with Crippen LogP contribution >= 0.6 is 11.3 Å². The first-order valence-corrected chi connectivity index (χ1v) is 10.9. The van der Waals surface area contributed by atoms with Gasteiger partial charge in [-0.3, -0.25) is 4.79 Å². The van der Waals surface area contributed by atoms with Crippen LogP contribution in [0.1, 0.15) is 20.8 Å². The Morgan fingerprint density at radius 1 is 1.11 bits per heavy atom. The largest absolute Gasteiger partial charge is 0.347 e. The van der Waals surface area contributed by atoms with Gasteiger partial charge in [0.1, 0.15) is 15.7 Å². The van der Waals surface area contributed by atoms with Crippen molar-refractivity contribution in [2.45, 2.75) is 12.3 Å². The Hall–Kier alpha value is -2.58. The van der Waals surface area contributed by atoms with Crippen molar-refractivity contribution in [2.75, 3.05) is 6.26 Å². The lowest BCUT2D eigenvalue weighted by Crippen LogP contribution is -2.21. The zero-order chi connectivity index (χ0) is 19.4. The molecule has 1 heterocycles. The van der Waals surface area contributed by atoms with Gasteiger partial charge >= 0.3 is 0 Å². The van der Waals surface area contributed by atoms with Gasteiger partial charge in [0.25, 0.3) is 5.91 Å². The summed E-state index contributed by atoms with van der Waals surface area (Å²) in [6.07, 6.45) is 2.61. The molecular formula is C19H17FN2O3S2. The molecule has 1 aromatic heterocycles. The first-order valence-electron chi connectivity index (χ1n) is 8.06. The van der Waals surface area contributed by atoms with Crippen molar-refractivity contribution < 1.29 is 17.6 Å². The minimum absolute atomic E-state index is 0.0146. The number of benzene rings is 2. The third-order valence-electron chi connectivity index (χ3n) is 3.74. The zero-order valence-electron chi connectivity index (χ0n) is 14.5. The molecule has 140 valence electrons. The monoisotopic (exact) mass is 404 g/mol. The fraction of sp³-hybridized carbons (Fsp3) is 0.158. The number of hydrogen-bond acceptors (Lipinski definition) is 5. The van der Waals surface area contributed by atoms with E-state index in [1.807, 2.05) is 0 Å². The number of hydrogen-bond donors (Lipinski definition) is 1. The number of nitrogens with zero attached hydrogens (tertiary/aromatic N) is 1. The van der Waals surface area contributed by atoms with E-state index < -0.39 is 9.84 Å². The summed E-state index contributed by atoms with van der Waals surface area (Å²) in [5.41, 5.74) is 1.91. The van der Waals surface area contributed by atoms with Gasteiger partial charge in [-0.05, 0) is 23.3 Å². The average molecular weight is 404 g/mol. The molecule has 0 aliphatic carbocycles. The second-order valence-corrected chi connectivity index (χ2v) is 9.25. The van der Waals surface area contributed by atoms with E-state index in [0.717, 1.165) is 16.9 Å². The standard InChI is InChI=1S/C19H17FN2O3S2/c1-27(24,25)12-14-8-6-13(7-9-14)10-21-18(23)17-11-22-19(26-17)15-4-2-3-5-16(15)20/h2-9,11H,10,12H2,1H3,(H,21,23). The number of sulfone groups is 1. The van der Waals surface area contributed by atoms with Gasteiger partial charge in [-0.25, -0.2) is 17.8 Å². The quantitative estimate of drug-likeness (QED) is 0.683. The maximum Gasteiger partial charge on any atom is 0.263 e. The Kier molecular flexibility index (Phi) is 5.67. The maximum absolute atomic E-state index is 13.8. The van der Waals surface area contributed by atoms with E-state index >= 15 is 0 Å². The van der Waals surface area contributed by atoms with Crippen LogP contribution in [0.2, 0.25) is 0 Å². The fourth-order valence-electron chi connectivity index (χ4n) is 2.46. The second-order valence-electron chi connectivity index (χ2n) is 6.08. The molecule has 0 aliphatic rings. The lowest BCUT2D eigenvalue weighted by Gasteiger charge is -2.05. The van der Waals surface area contributed by atoms with E-state index in [1.54, 1.807) is 42.5 Å². The van der Waals surface area contributed by atoms with Gasteiger partial charge in [0.15, 0.2) is 9.84 Å². The highest BCUT2D eigenvalue weighted by Gasteiger charge is 2.14. The van der Waals surface area contributed by atoms with Crippen molar-refractivity contribution in [3.8, 4) is 10.6 Å². The van der Waals surface area contributed by atoms with E-state index in [4.69, 9.17) is 0 Å². The van der Waals surface area contributed by atoms with Gasteiger partial charge in [-0.1, -0.05) is 36.4 Å². The van der Waals surface area contributed by atoms with Crippen LogP contribution in [0, 0.1) is 5.82 Å². The predicted molar refractivity (Wildman–Crippen MR) is 104 cm³/mol. The molecule has 0 saturated carbocycles. The lowest BCUT2D eigenvalue weighted by molar-refractivity contribution is 0.0954. The molecule has 0 atom stereocenters. The van der Waals surface area contributed by atoms with Gasteiger partial charge < -0.3 is 5.32 Å². The Morgan fingerprint density at radius 3 is 2.44 bits per heavy atom. The molecule has 8 heteroatoms. The molecule has 27 heavy (non-hydrogen) atoms. The molecule has 2 aromatic carbocycles. The van der Waals surface area contributed by atoms with Crippen LogP contribution in [0.25, 0.3) is 10.6 Å². The number of amides is 1. The van der Waals surface area contributed by atoms with Crippen molar-refractivity contribution in [1.29, 1.82) is 0 Å². The van der Waals surface area contributed by atoms with E-state index in [1.165, 1.54) is 18.5 Å². The smallest absolute Gasteiger partial charge is 0.263 e.